The average molecular weight is 127 g/mol. The van der Waals surface area contributed by atoms with Gasteiger partial charge in [-0.15, -0.1) is 0 Å². The van der Waals surface area contributed by atoms with Crippen LogP contribution in [0.1, 0.15) is 6.92 Å². The van der Waals surface area contributed by atoms with Gasteiger partial charge < -0.3 is 4.74 Å². The van der Waals surface area contributed by atoms with Gasteiger partial charge in [0.2, 0.25) is 0 Å². The van der Waals surface area contributed by atoms with Crippen LogP contribution in [-0.4, -0.2) is 24.1 Å². The van der Waals surface area contributed by atoms with Gasteiger partial charge in [0.05, 0.1) is 5.70 Å². The van der Waals surface area contributed by atoms with Crippen molar-refractivity contribution in [1.82, 2.24) is 4.90 Å². The summed E-state index contributed by atoms with van der Waals surface area (Å²) < 4.78 is 4.66. The first-order valence-corrected chi connectivity index (χ1v) is 2.87. The summed E-state index contributed by atoms with van der Waals surface area (Å²) in [4.78, 5) is 12.2. The topological polar surface area (TPSA) is 29.5 Å². The molecule has 0 unspecified atom stereocenters. The number of amides is 1. The maximum Gasteiger partial charge on any atom is 0.414 e. The van der Waals surface area contributed by atoms with Gasteiger partial charge in [-0.05, 0) is 6.92 Å². The molecule has 0 aromatic rings. The van der Waals surface area contributed by atoms with E-state index in [1.165, 1.54) is 4.90 Å². The van der Waals surface area contributed by atoms with Crippen molar-refractivity contribution >= 4 is 6.09 Å². The Morgan fingerprint density at radius 1 is 1.89 bits per heavy atom. The number of carbonyl (C=O) groups is 1. The van der Waals surface area contributed by atoms with E-state index in [1.54, 1.807) is 0 Å². The molecule has 1 aliphatic heterocycles. The molecule has 3 nitrogen and oxygen atoms in total. The molecule has 0 atom stereocenters. The Hall–Kier alpha value is -0.990. The second-order valence-electron chi connectivity index (χ2n) is 1.87. The molecular formula is C6H9NO2. The lowest BCUT2D eigenvalue weighted by molar-refractivity contribution is 0.160. The molecule has 0 saturated carbocycles. The van der Waals surface area contributed by atoms with Crippen molar-refractivity contribution in [2.24, 2.45) is 0 Å². The number of cyclic esters (lactones) is 1. The standard InChI is InChI=1S/C6H9NO2/c1-3-7-5(2)4-9-6(7)8/h2-4H2,1H3. The molecule has 0 N–H and O–H groups in total. The third kappa shape index (κ3) is 0.896. The van der Waals surface area contributed by atoms with E-state index in [0.717, 1.165) is 5.70 Å². The Bertz CT molecular complexity index is 137. The van der Waals surface area contributed by atoms with Crippen LogP contribution < -0.4 is 0 Å². The Morgan fingerprint density at radius 2 is 2.56 bits per heavy atom. The van der Waals surface area contributed by atoms with E-state index < -0.39 is 0 Å². The summed E-state index contributed by atoms with van der Waals surface area (Å²) in [5.41, 5.74) is 0.752. The fraction of sp³-hybridized carbons (Fsp3) is 0.500. The van der Waals surface area contributed by atoms with Crippen LogP contribution in [0.25, 0.3) is 0 Å². The van der Waals surface area contributed by atoms with Gasteiger partial charge in [-0.3, -0.25) is 4.90 Å². The van der Waals surface area contributed by atoms with Crippen LogP contribution in [0.2, 0.25) is 0 Å². The Balaban J connectivity index is 2.66. The number of ether oxygens (including phenoxy) is 1. The fourth-order valence-corrected chi connectivity index (χ4v) is 0.783. The number of nitrogens with zero attached hydrogens (tertiary/aromatic N) is 1. The van der Waals surface area contributed by atoms with Gasteiger partial charge in [-0.25, -0.2) is 4.79 Å². The number of rotatable bonds is 1. The number of likely N-dealkylation sites (N-methyl/N-ethyl adjacent to an activating group) is 1. The molecule has 1 amide bonds. The third-order valence-corrected chi connectivity index (χ3v) is 1.28. The molecule has 50 valence electrons. The lowest BCUT2D eigenvalue weighted by Gasteiger charge is -2.08. The van der Waals surface area contributed by atoms with Crippen molar-refractivity contribution in [3.05, 3.63) is 12.3 Å². The lowest BCUT2D eigenvalue weighted by Crippen LogP contribution is -2.21. The van der Waals surface area contributed by atoms with Crippen molar-refractivity contribution in [1.29, 1.82) is 0 Å². The first kappa shape index (κ1) is 6.13. The molecule has 1 fully saturated rings. The molecular weight excluding hydrogens is 118 g/mol. The molecule has 0 aliphatic carbocycles. The van der Waals surface area contributed by atoms with Crippen LogP contribution >= 0.6 is 0 Å². The second kappa shape index (κ2) is 2.09. The summed E-state index contributed by atoms with van der Waals surface area (Å²) in [6.07, 6.45) is -0.275. The molecule has 0 aromatic heterocycles. The summed E-state index contributed by atoms with van der Waals surface area (Å²) >= 11 is 0. The van der Waals surface area contributed by atoms with Crippen LogP contribution in [0, 0.1) is 0 Å². The van der Waals surface area contributed by atoms with E-state index in [9.17, 15) is 4.79 Å². The molecule has 1 heterocycles. The second-order valence-corrected chi connectivity index (χ2v) is 1.87. The van der Waals surface area contributed by atoms with Crippen LogP contribution in [-0.2, 0) is 4.74 Å². The quantitative estimate of drug-likeness (QED) is 0.525. The Kier molecular flexibility index (Phi) is 1.42. The van der Waals surface area contributed by atoms with E-state index in [-0.39, 0.29) is 6.09 Å². The zero-order chi connectivity index (χ0) is 6.85. The molecule has 0 bridgehead atoms. The lowest BCUT2D eigenvalue weighted by atomic mass is 10.5. The number of carbonyl (C=O) groups excluding carboxylic acids is 1. The van der Waals surface area contributed by atoms with Crippen molar-refractivity contribution in [3.63, 3.8) is 0 Å². The molecule has 1 saturated heterocycles. The summed E-state index contributed by atoms with van der Waals surface area (Å²) in [6.45, 7) is 6.53. The first-order valence-electron chi connectivity index (χ1n) is 2.87. The summed E-state index contributed by atoms with van der Waals surface area (Å²) in [5.74, 6) is 0. The Labute approximate surface area is 53.9 Å². The van der Waals surface area contributed by atoms with E-state index in [2.05, 4.69) is 11.3 Å². The van der Waals surface area contributed by atoms with Crippen LogP contribution in [0.15, 0.2) is 12.3 Å². The Morgan fingerprint density at radius 3 is 2.78 bits per heavy atom. The SMILES string of the molecule is C=C1COC(=O)N1CC. The highest BCUT2D eigenvalue weighted by atomic mass is 16.6. The summed E-state index contributed by atoms with van der Waals surface area (Å²) in [5, 5.41) is 0. The highest BCUT2D eigenvalue weighted by molar-refractivity contribution is 5.72. The van der Waals surface area contributed by atoms with Gasteiger partial charge in [0, 0.05) is 6.54 Å². The molecule has 0 radical (unpaired) electrons. The van der Waals surface area contributed by atoms with E-state index in [4.69, 9.17) is 0 Å². The zero-order valence-corrected chi connectivity index (χ0v) is 5.39. The van der Waals surface area contributed by atoms with Crippen molar-refractivity contribution < 1.29 is 9.53 Å². The van der Waals surface area contributed by atoms with Gasteiger partial charge in [0.15, 0.2) is 0 Å². The summed E-state index contributed by atoms with van der Waals surface area (Å²) in [7, 11) is 0. The minimum absolute atomic E-state index is 0.275. The van der Waals surface area contributed by atoms with E-state index in [1.807, 2.05) is 6.92 Å². The van der Waals surface area contributed by atoms with E-state index in [0.29, 0.717) is 13.2 Å². The maximum absolute atomic E-state index is 10.7. The summed E-state index contributed by atoms with van der Waals surface area (Å²) in [6, 6.07) is 0. The van der Waals surface area contributed by atoms with Gasteiger partial charge >= 0.3 is 6.09 Å². The van der Waals surface area contributed by atoms with Crippen molar-refractivity contribution in [3.8, 4) is 0 Å². The highest BCUT2D eigenvalue weighted by Gasteiger charge is 2.23. The van der Waals surface area contributed by atoms with Crippen LogP contribution in [0.5, 0.6) is 0 Å². The largest absolute Gasteiger partial charge is 0.443 e. The zero-order valence-electron chi connectivity index (χ0n) is 5.39. The predicted molar refractivity (Wildman–Crippen MR) is 32.9 cm³/mol. The molecule has 3 heteroatoms. The number of hydrogen-bond acceptors (Lipinski definition) is 2. The van der Waals surface area contributed by atoms with Gasteiger partial charge in [-0.1, -0.05) is 6.58 Å². The number of hydrogen-bond donors (Lipinski definition) is 0. The van der Waals surface area contributed by atoms with Crippen molar-refractivity contribution in [2.45, 2.75) is 6.92 Å². The van der Waals surface area contributed by atoms with Crippen molar-refractivity contribution in [2.75, 3.05) is 13.2 Å². The molecule has 1 aliphatic rings. The molecule has 0 aromatic carbocycles. The normalized spacial score (nSPS) is 18.6. The average Bonchev–Trinajstić information content (AvgIpc) is 2.12. The van der Waals surface area contributed by atoms with Gasteiger partial charge in [0.25, 0.3) is 0 Å². The first-order chi connectivity index (χ1) is 4.25. The minimum Gasteiger partial charge on any atom is -0.443 e. The fourth-order valence-electron chi connectivity index (χ4n) is 0.783. The molecule has 1 rings (SSSR count). The van der Waals surface area contributed by atoms with E-state index >= 15 is 0 Å². The predicted octanol–water partition coefficient (Wildman–Crippen LogP) is 0.972. The smallest absolute Gasteiger partial charge is 0.414 e. The minimum atomic E-state index is -0.275. The third-order valence-electron chi connectivity index (χ3n) is 1.28. The van der Waals surface area contributed by atoms with Crippen LogP contribution in [0.3, 0.4) is 0 Å². The molecule has 0 spiro atoms. The van der Waals surface area contributed by atoms with Gasteiger partial charge in [0.1, 0.15) is 6.61 Å². The molecule has 9 heavy (non-hydrogen) atoms. The van der Waals surface area contributed by atoms with Crippen LogP contribution in [0.4, 0.5) is 4.79 Å². The highest BCUT2D eigenvalue weighted by Crippen LogP contribution is 2.11. The van der Waals surface area contributed by atoms with Gasteiger partial charge in [-0.2, -0.15) is 0 Å². The monoisotopic (exact) mass is 127 g/mol. The maximum atomic E-state index is 10.7.